The monoisotopic (exact) mass is 551 g/mol. The van der Waals surface area contributed by atoms with Crippen molar-refractivity contribution in [1.82, 2.24) is 19.1 Å². The number of benzene rings is 2. The van der Waals surface area contributed by atoms with Gasteiger partial charge in [-0.3, -0.25) is 18.7 Å². The first-order valence-electron chi connectivity index (χ1n) is 11.8. The van der Waals surface area contributed by atoms with E-state index in [2.05, 4.69) is 15.3 Å². The Hall–Kier alpha value is -4.52. The molecule has 0 bridgehead atoms. The summed E-state index contributed by atoms with van der Waals surface area (Å²) >= 11 is 1.07. The Balaban J connectivity index is 1.51. The number of ether oxygens (including phenoxy) is 4. The average Bonchev–Trinajstić information content (AvgIpc) is 2.96. The van der Waals surface area contributed by atoms with Crippen molar-refractivity contribution in [2.75, 3.05) is 38.5 Å². The molecule has 0 spiro atoms. The third kappa shape index (κ3) is 5.00. The van der Waals surface area contributed by atoms with E-state index in [1.54, 1.807) is 36.4 Å². The lowest BCUT2D eigenvalue weighted by atomic mass is 10.2. The normalized spacial score (nSPS) is 12.3. The molecule has 2 aromatic carbocycles. The van der Waals surface area contributed by atoms with Crippen LogP contribution in [0, 0.1) is 0 Å². The molecule has 1 aliphatic rings. The highest BCUT2D eigenvalue weighted by molar-refractivity contribution is 8.00. The number of hydrogen-bond donors (Lipinski definition) is 1. The van der Waals surface area contributed by atoms with E-state index in [0.717, 1.165) is 16.3 Å². The second-order valence-corrected chi connectivity index (χ2v) is 9.49. The summed E-state index contributed by atoms with van der Waals surface area (Å²) in [7, 11) is 5.95. The number of nitrogens with one attached hydrogen (secondary N) is 1. The molecule has 1 N–H and O–H groups in total. The number of carbonyl (C=O) groups excluding carboxylic acids is 1. The molecule has 0 atom stereocenters. The quantitative estimate of drug-likeness (QED) is 0.269. The lowest BCUT2D eigenvalue weighted by molar-refractivity contribution is -0.113. The Bertz CT molecular complexity index is 1720. The highest BCUT2D eigenvalue weighted by atomic mass is 32.2. The minimum atomic E-state index is -0.554. The molecule has 202 valence electrons. The summed E-state index contributed by atoms with van der Waals surface area (Å²) in [5.41, 5.74) is 0.183. The molecule has 1 aliphatic heterocycles. The van der Waals surface area contributed by atoms with Gasteiger partial charge in [-0.05, 0) is 30.3 Å². The highest BCUT2D eigenvalue weighted by Crippen LogP contribution is 2.34. The van der Waals surface area contributed by atoms with Crippen LogP contribution in [0.25, 0.3) is 22.4 Å². The number of methoxy groups -OCH3 is 2. The fraction of sp³-hybridized carbons (Fsp3) is 0.269. The van der Waals surface area contributed by atoms with Crippen molar-refractivity contribution in [1.29, 1.82) is 0 Å². The molecule has 0 aliphatic carbocycles. The number of anilines is 1. The van der Waals surface area contributed by atoms with Gasteiger partial charge in [-0.1, -0.05) is 11.8 Å². The summed E-state index contributed by atoms with van der Waals surface area (Å²) in [4.78, 5) is 47.8. The maximum Gasteiger partial charge on any atom is 0.332 e. The van der Waals surface area contributed by atoms with Gasteiger partial charge in [-0.2, -0.15) is 0 Å². The van der Waals surface area contributed by atoms with Gasteiger partial charge in [-0.15, -0.1) is 0 Å². The number of aryl methyl sites for hydroxylation is 1. The Morgan fingerprint density at radius 1 is 0.974 bits per heavy atom. The number of amides is 1. The van der Waals surface area contributed by atoms with Gasteiger partial charge in [0.2, 0.25) is 5.91 Å². The predicted octanol–water partition coefficient (Wildman–Crippen LogP) is 2.21. The van der Waals surface area contributed by atoms with Crippen LogP contribution in [0.5, 0.6) is 23.0 Å². The molecule has 12 nitrogen and oxygen atoms in total. The van der Waals surface area contributed by atoms with Crippen molar-refractivity contribution in [3.05, 3.63) is 57.2 Å². The Kier molecular flexibility index (Phi) is 7.15. The summed E-state index contributed by atoms with van der Waals surface area (Å²) in [6.07, 6.45) is 0. The molecule has 2 aromatic heterocycles. The lowest BCUT2D eigenvalue weighted by Gasteiger charge is -2.19. The second kappa shape index (κ2) is 10.7. The molecule has 13 heteroatoms. The van der Waals surface area contributed by atoms with Crippen LogP contribution in [0.4, 0.5) is 5.69 Å². The van der Waals surface area contributed by atoms with Crippen molar-refractivity contribution in [3.63, 3.8) is 0 Å². The zero-order chi connectivity index (χ0) is 27.7. The van der Waals surface area contributed by atoms with Crippen LogP contribution in [0.2, 0.25) is 0 Å². The molecule has 0 radical (unpaired) electrons. The van der Waals surface area contributed by atoms with Crippen molar-refractivity contribution in [2.45, 2.75) is 5.03 Å². The fourth-order valence-corrected chi connectivity index (χ4v) is 4.90. The molecule has 3 heterocycles. The number of fused-ring (bicyclic) bond motifs is 2. The SMILES string of the molecule is COc1ccc(-c2nc(SCC(=O)Nc3ccc4c(c3)OCCO4)c3c(=O)n(C)c(=O)n(C)c3n2)cc1OC. The van der Waals surface area contributed by atoms with Gasteiger partial charge in [0.05, 0.1) is 20.0 Å². The minimum absolute atomic E-state index is 0.0576. The fourth-order valence-electron chi connectivity index (χ4n) is 4.09. The molecule has 4 aromatic rings. The Morgan fingerprint density at radius 3 is 2.46 bits per heavy atom. The van der Waals surface area contributed by atoms with Crippen LogP contribution >= 0.6 is 11.8 Å². The first kappa shape index (κ1) is 26.1. The van der Waals surface area contributed by atoms with Gasteiger partial charge in [0, 0.05) is 31.4 Å². The number of nitrogens with zero attached hydrogens (tertiary/aromatic N) is 4. The van der Waals surface area contributed by atoms with E-state index >= 15 is 0 Å². The molecule has 0 unspecified atom stereocenters. The maximum atomic E-state index is 13.1. The zero-order valence-corrected chi connectivity index (χ0v) is 22.5. The van der Waals surface area contributed by atoms with Crippen LogP contribution in [0.1, 0.15) is 0 Å². The maximum absolute atomic E-state index is 13.1. The van der Waals surface area contributed by atoms with E-state index in [1.807, 2.05) is 0 Å². The van der Waals surface area contributed by atoms with Crippen LogP contribution in [-0.4, -0.2) is 58.2 Å². The van der Waals surface area contributed by atoms with Crippen molar-refractivity contribution in [2.24, 2.45) is 14.1 Å². The summed E-state index contributed by atoms with van der Waals surface area (Å²) in [5.74, 6) is 2.03. The lowest BCUT2D eigenvalue weighted by Crippen LogP contribution is -2.37. The minimum Gasteiger partial charge on any atom is -0.493 e. The Morgan fingerprint density at radius 2 is 1.72 bits per heavy atom. The number of rotatable bonds is 7. The van der Waals surface area contributed by atoms with Crippen LogP contribution in [0.3, 0.4) is 0 Å². The number of hydrogen-bond acceptors (Lipinski definition) is 10. The summed E-state index contributed by atoms with van der Waals surface area (Å²) < 4.78 is 24.1. The van der Waals surface area contributed by atoms with Gasteiger partial charge in [-0.25, -0.2) is 14.8 Å². The van der Waals surface area contributed by atoms with Crippen LogP contribution < -0.4 is 35.5 Å². The highest BCUT2D eigenvalue weighted by Gasteiger charge is 2.20. The number of aromatic nitrogens is 4. The number of thioether (sulfide) groups is 1. The van der Waals surface area contributed by atoms with Gasteiger partial charge < -0.3 is 24.3 Å². The molecule has 0 saturated heterocycles. The van der Waals surface area contributed by atoms with Crippen LogP contribution in [-0.2, 0) is 18.9 Å². The van der Waals surface area contributed by atoms with Crippen molar-refractivity contribution in [3.8, 4) is 34.4 Å². The summed E-state index contributed by atoms with van der Waals surface area (Å²) in [5, 5.41) is 3.23. The van der Waals surface area contributed by atoms with Gasteiger partial charge in [0.15, 0.2) is 34.5 Å². The first-order valence-corrected chi connectivity index (χ1v) is 12.8. The molecule has 1 amide bonds. The van der Waals surface area contributed by atoms with E-state index in [9.17, 15) is 14.4 Å². The van der Waals surface area contributed by atoms with Crippen LogP contribution in [0.15, 0.2) is 51.0 Å². The summed E-state index contributed by atoms with van der Waals surface area (Å²) in [6.45, 7) is 0.902. The second-order valence-electron chi connectivity index (χ2n) is 8.52. The first-order chi connectivity index (χ1) is 18.8. The average molecular weight is 552 g/mol. The van der Waals surface area contributed by atoms with E-state index in [-0.39, 0.29) is 33.5 Å². The van der Waals surface area contributed by atoms with Gasteiger partial charge in [0.25, 0.3) is 5.56 Å². The molecule has 0 saturated carbocycles. The van der Waals surface area contributed by atoms with E-state index in [1.165, 1.54) is 32.9 Å². The standard InChI is InChI=1S/C26H25N5O7S/c1-30-23-21(25(33)31(2)26(30)34)24(29-22(28-23)14-5-7-16(35-3)18(11-14)36-4)39-13-20(32)27-15-6-8-17-19(12-15)38-10-9-37-17/h5-8,11-12H,9-10,13H2,1-4H3,(H,27,32). The van der Waals surface area contributed by atoms with Crippen molar-refractivity contribution < 1.29 is 23.7 Å². The van der Waals surface area contributed by atoms with E-state index in [4.69, 9.17) is 18.9 Å². The van der Waals surface area contributed by atoms with E-state index in [0.29, 0.717) is 47.5 Å². The third-order valence-electron chi connectivity index (χ3n) is 6.07. The molecular formula is C26H25N5O7S. The van der Waals surface area contributed by atoms with Crippen molar-refractivity contribution >= 4 is 34.4 Å². The molecule has 5 rings (SSSR count). The van der Waals surface area contributed by atoms with Gasteiger partial charge >= 0.3 is 5.69 Å². The zero-order valence-electron chi connectivity index (χ0n) is 21.6. The molecule has 39 heavy (non-hydrogen) atoms. The third-order valence-corrected chi connectivity index (χ3v) is 7.05. The largest absolute Gasteiger partial charge is 0.493 e. The molecular weight excluding hydrogens is 526 g/mol. The number of carbonyl (C=O) groups is 1. The van der Waals surface area contributed by atoms with E-state index < -0.39 is 11.2 Å². The smallest absolute Gasteiger partial charge is 0.332 e. The summed E-state index contributed by atoms with van der Waals surface area (Å²) in [6, 6.07) is 10.3. The van der Waals surface area contributed by atoms with Gasteiger partial charge in [0.1, 0.15) is 23.6 Å². The topological polar surface area (TPSA) is 136 Å². The Labute approximate surface area is 226 Å². The molecule has 0 fully saturated rings. The predicted molar refractivity (Wildman–Crippen MR) is 145 cm³/mol.